The number of carbonyl (C=O) groups is 3. The number of β-amino-alcohol motifs (C(OH)–C–C–N with tert-alkyl or cyclic N) is 1. The number of thiocarbonyl (C=S) groups is 1. The predicted octanol–water partition coefficient (Wildman–Crippen LogP) is 1.18. The second-order valence-corrected chi connectivity index (χ2v) is 7.74. The largest absolute Gasteiger partial charge is 0.480 e. The normalized spacial score (nSPS) is 24.6. The van der Waals surface area contributed by atoms with Crippen LogP contribution in [0, 0.1) is 0 Å². The zero-order valence-electron chi connectivity index (χ0n) is 13.8. The Bertz CT molecular complexity index is 821. The van der Waals surface area contributed by atoms with Gasteiger partial charge in [0.1, 0.15) is 10.4 Å². The summed E-state index contributed by atoms with van der Waals surface area (Å²) in [6, 6.07) is 5.48. The van der Waals surface area contributed by atoms with Gasteiger partial charge < -0.3 is 15.1 Å². The molecule has 0 bridgehead atoms. The van der Waals surface area contributed by atoms with E-state index in [1.165, 1.54) is 21.6 Å². The first-order valence-corrected chi connectivity index (χ1v) is 9.04. The number of aliphatic hydroxyl groups is 1. The third-order valence-corrected chi connectivity index (χ3v) is 5.75. The second-order valence-electron chi connectivity index (χ2n) is 6.06. The lowest BCUT2D eigenvalue weighted by Crippen LogP contribution is -2.40. The van der Waals surface area contributed by atoms with Gasteiger partial charge in [-0.05, 0) is 23.8 Å². The number of carboxylic acids is 1. The Labute approximate surface area is 159 Å². The van der Waals surface area contributed by atoms with Crippen LogP contribution < -0.4 is 0 Å². The summed E-state index contributed by atoms with van der Waals surface area (Å²) in [5.74, 6) is -1.75. The molecule has 2 N–H and O–H groups in total. The predicted molar refractivity (Wildman–Crippen MR) is 100 cm³/mol. The first-order chi connectivity index (χ1) is 12.3. The van der Waals surface area contributed by atoms with Crippen molar-refractivity contribution in [2.45, 2.75) is 18.6 Å². The Morgan fingerprint density at radius 1 is 1.31 bits per heavy atom. The topological polar surface area (TPSA) is 98.2 Å². The van der Waals surface area contributed by atoms with Gasteiger partial charge in [-0.25, -0.2) is 4.79 Å². The number of aliphatic hydroxyl groups excluding tert-OH is 1. The number of likely N-dealkylation sites (tertiary alicyclic amines) is 1. The molecule has 0 aliphatic carbocycles. The van der Waals surface area contributed by atoms with Crippen LogP contribution >= 0.6 is 24.0 Å². The summed E-state index contributed by atoms with van der Waals surface area (Å²) in [5.41, 5.74) is 1.05. The van der Waals surface area contributed by atoms with Crippen LogP contribution in [0.25, 0.3) is 6.08 Å². The van der Waals surface area contributed by atoms with Gasteiger partial charge in [0.25, 0.3) is 11.8 Å². The molecule has 0 radical (unpaired) electrons. The maximum Gasteiger partial charge on any atom is 0.326 e. The number of likely N-dealkylation sites (N-methyl/N-ethyl adjacent to an activating group) is 1. The summed E-state index contributed by atoms with van der Waals surface area (Å²) in [6.07, 6.45) is 0.879. The molecule has 2 heterocycles. The van der Waals surface area contributed by atoms with Crippen LogP contribution in [-0.2, 0) is 9.59 Å². The van der Waals surface area contributed by atoms with E-state index in [0.717, 1.165) is 5.56 Å². The van der Waals surface area contributed by atoms with Gasteiger partial charge in [0.05, 0.1) is 11.0 Å². The van der Waals surface area contributed by atoms with Crippen molar-refractivity contribution in [3.63, 3.8) is 0 Å². The number of hydrogen-bond donors (Lipinski definition) is 2. The molecule has 2 aliphatic rings. The fourth-order valence-corrected chi connectivity index (χ4v) is 4.04. The molecule has 2 fully saturated rings. The van der Waals surface area contributed by atoms with Crippen molar-refractivity contribution >= 4 is 52.2 Å². The van der Waals surface area contributed by atoms with Crippen LogP contribution in [0.3, 0.4) is 0 Å². The van der Waals surface area contributed by atoms with E-state index in [1.54, 1.807) is 37.4 Å². The van der Waals surface area contributed by atoms with Gasteiger partial charge in [-0.2, -0.15) is 0 Å². The number of nitrogens with zero attached hydrogens (tertiary/aromatic N) is 2. The minimum Gasteiger partial charge on any atom is -0.480 e. The van der Waals surface area contributed by atoms with Crippen LogP contribution in [0.15, 0.2) is 29.2 Å². The van der Waals surface area contributed by atoms with E-state index in [-0.39, 0.29) is 18.9 Å². The summed E-state index contributed by atoms with van der Waals surface area (Å²) in [5, 5.41) is 18.9. The lowest BCUT2D eigenvalue weighted by molar-refractivity contribution is -0.141. The molecule has 136 valence electrons. The van der Waals surface area contributed by atoms with Crippen molar-refractivity contribution in [2.75, 3.05) is 13.6 Å². The molecule has 26 heavy (non-hydrogen) atoms. The first-order valence-electron chi connectivity index (χ1n) is 7.81. The Balaban J connectivity index is 1.78. The molecule has 0 aromatic heterocycles. The van der Waals surface area contributed by atoms with Crippen molar-refractivity contribution < 1.29 is 24.6 Å². The van der Waals surface area contributed by atoms with Crippen LogP contribution in [0.5, 0.6) is 0 Å². The molecule has 1 aromatic carbocycles. The molecule has 0 unspecified atom stereocenters. The van der Waals surface area contributed by atoms with E-state index in [9.17, 15) is 24.6 Å². The minimum absolute atomic E-state index is 0.00345. The van der Waals surface area contributed by atoms with Gasteiger partial charge in [0.15, 0.2) is 0 Å². The van der Waals surface area contributed by atoms with Crippen LogP contribution in [-0.4, -0.2) is 67.9 Å². The molecule has 2 aliphatic heterocycles. The average Bonchev–Trinajstić information content (AvgIpc) is 3.11. The smallest absolute Gasteiger partial charge is 0.326 e. The molecule has 1 aromatic rings. The average molecular weight is 392 g/mol. The summed E-state index contributed by atoms with van der Waals surface area (Å²) < 4.78 is 0.486. The number of amides is 2. The van der Waals surface area contributed by atoms with Gasteiger partial charge in [-0.1, -0.05) is 36.1 Å². The van der Waals surface area contributed by atoms with Crippen molar-refractivity contribution in [1.29, 1.82) is 0 Å². The molecule has 2 amide bonds. The molecule has 3 rings (SSSR count). The van der Waals surface area contributed by atoms with E-state index in [4.69, 9.17) is 12.2 Å². The molecule has 9 heteroatoms. The molecular formula is C17H16N2O5S2. The Kier molecular flexibility index (Phi) is 5.12. The highest BCUT2D eigenvalue weighted by atomic mass is 32.2. The minimum atomic E-state index is -1.13. The third-order valence-electron chi connectivity index (χ3n) is 4.27. The number of aliphatic carboxylic acids is 1. The lowest BCUT2D eigenvalue weighted by atomic mass is 10.1. The maximum absolute atomic E-state index is 12.6. The summed E-state index contributed by atoms with van der Waals surface area (Å²) in [4.78, 5) is 38.9. The summed E-state index contributed by atoms with van der Waals surface area (Å²) in [7, 11) is 1.61. The lowest BCUT2D eigenvalue weighted by Gasteiger charge is -2.21. The number of carbonyl (C=O) groups excluding carboxylic acids is 2. The molecule has 2 atom stereocenters. The Morgan fingerprint density at radius 2 is 1.96 bits per heavy atom. The maximum atomic E-state index is 12.6. The summed E-state index contributed by atoms with van der Waals surface area (Å²) in [6.45, 7) is -0.00345. The molecule has 0 spiro atoms. The van der Waals surface area contributed by atoms with Gasteiger partial charge in [0.2, 0.25) is 0 Å². The van der Waals surface area contributed by atoms with Crippen molar-refractivity contribution in [3.8, 4) is 0 Å². The van der Waals surface area contributed by atoms with E-state index < -0.39 is 24.0 Å². The third kappa shape index (κ3) is 3.50. The summed E-state index contributed by atoms with van der Waals surface area (Å²) >= 11 is 6.29. The highest BCUT2D eigenvalue weighted by molar-refractivity contribution is 8.26. The molecule has 2 saturated heterocycles. The second kappa shape index (κ2) is 7.18. The van der Waals surface area contributed by atoms with E-state index >= 15 is 0 Å². The highest BCUT2D eigenvalue weighted by Crippen LogP contribution is 2.31. The van der Waals surface area contributed by atoms with Crippen LogP contribution in [0.1, 0.15) is 22.3 Å². The van der Waals surface area contributed by atoms with Gasteiger partial charge >= 0.3 is 5.97 Å². The molecule has 7 nitrogen and oxygen atoms in total. The number of thioether (sulfide) groups is 1. The zero-order valence-corrected chi connectivity index (χ0v) is 15.4. The van der Waals surface area contributed by atoms with Gasteiger partial charge in [-0.15, -0.1) is 0 Å². The first kappa shape index (κ1) is 18.6. The number of rotatable bonds is 3. The number of carboxylic acid groups (broad SMARTS) is 1. The van der Waals surface area contributed by atoms with E-state index in [0.29, 0.717) is 14.8 Å². The van der Waals surface area contributed by atoms with E-state index in [1.807, 2.05) is 0 Å². The zero-order chi connectivity index (χ0) is 19.0. The fourth-order valence-electron chi connectivity index (χ4n) is 2.86. The van der Waals surface area contributed by atoms with Gasteiger partial charge in [0, 0.05) is 25.6 Å². The van der Waals surface area contributed by atoms with E-state index in [2.05, 4.69) is 0 Å². The highest BCUT2D eigenvalue weighted by Gasteiger charge is 2.39. The number of benzene rings is 1. The number of hydrogen-bond acceptors (Lipinski definition) is 6. The Morgan fingerprint density at radius 3 is 2.50 bits per heavy atom. The fraction of sp³-hybridized carbons (Fsp3) is 0.294. The molecular weight excluding hydrogens is 376 g/mol. The monoisotopic (exact) mass is 392 g/mol. The SMILES string of the molecule is CN1C(=O)/C(=C\c2ccc(C(=O)N3C[C@@H](O)C[C@H]3C(=O)O)cc2)SC1=S. The van der Waals surface area contributed by atoms with Crippen molar-refractivity contribution in [2.24, 2.45) is 0 Å². The van der Waals surface area contributed by atoms with Crippen LogP contribution in [0.2, 0.25) is 0 Å². The van der Waals surface area contributed by atoms with Crippen molar-refractivity contribution in [1.82, 2.24) is 9.80 Å². The quantitative estimate of drug-likeness (QED) is 0.589. The Hall–Kier alpha value is -2.23. The van der Waals surface area contributed by atoms with Crippen LogP contribution in [0.4, 0.5) is 0 Å². The van der Waals surface area contributed by atoms with Gasteiger partial charge in [-0.3, -0.25) is 14.5 Å². The molecule has 0 saturated carbocycles. The van der Waals surface area contributed by atoms with Crippen molar-refractivity contribution in [3.05, 3.63) is 40.3 Å². The standard InChI is InChI=1S/C17H16N2O5S2/c1-18-15(22)13(26-17(18)25)6-9-2-4-10(5-3-9)14(21)19-8-11(20)7-12(19)16(23)24/h2-6,11-12,20H,7-8H2,1H3,(H,23,24)/b13-6+/t11-,12-/m0/s1.